The van der Waals surface area contributed by atoms with Gasteiger partial charge in [-0.3, -0.25) is 19.4 Å². The molecule has 0 saturated heterocycles. The number of hydrogen-bond donors (Lipinski definition) is 3. The van der Waals surface area contributed by atoms with E-state index in [-0.39, 0.29) is 19.6 Å². The number of nitrogens with one attached hydrogen (secondary N) is 3. The molecular weight excluding hydrogens is 491 g/mol. The van der Waals surface area contributed by atoms with E-state index in [4.69, 9.17) is 27.9 Å². The molecule has 1 aliphatic rings. The first-order valence-electron chi connectivity index (χ1n) is 11.4. The summed E-state index contributed by atoms with van der Waals surface area (Å²) in [7, 11) is 0. The SMILES string of the molecule is CCOC(=O)CC(NC(=O)CNC(=O)c1cccc(NC2=NCCCC2)c1)c1cc(Cl)cc(Cl)c1. The van der Waals surface area contributed by atoms with Crippen LogP contribution in [0.3, 0.4) is 0 Å². The number of amidine groups is 1. The molecule has 2 aromatic carbocycles. The number of halogens is 2. The van der Waals surface area contributed by atoms with E-state index >= 15 is 0 Å². The first kappa shape index (κ1) is 26.5. The van der Waals surface area contributed by atoms with E-state index in [1.54, 1.807) is 43.3 Å². The van der Waals surface area contributed by atoms with Gasteiger partial charge in [-0.15, -0.1) is 0 Å². The Labute approximate surface area is 214 Å². The minimum atomic E-state index is -0.724. The molecule has 2 amide bonds. The predicted octanol–water partition coefficient (Wildman–Crippen LogP) is 4.53. The van der Waals surface area contributed by atoms with Crippen molar-refractivity contribution in [3.63, 3.8) is 0 Å². The number of carbonyl (C=O) groups is 3. The van der Waals surface area contributed by atoms with Crippen molar-refractivity contribution in [1.29, 1.82) is 0 Å². The van der Waals surface area contributed by atoms with Gasteiger partial charge in [-0.25, -0.2) is 0 Å². The van der Waals surface area contributed by atoms with Gasteiger partial charge in [0.1, 0.15) is 5.84 Å². The number of aliphatic imine (C=N–C) groups is 1. The van der Waals surface area contributed by atoms with Crippen molar-refractivity contribution in [2.45, 2.75) is 38.6 Å². The Morgan fingerprint density at radius 3 is 2.54 bits per heavy atom. The quantitative estimate of drug-likeness (QED) is 0.422. The summed E-state index contributed by atoms with van der Waals surface area (Å²) in [6.07, 6.45) is 2.93. The fourth-order valence-corrected chi connectivity index (χ4v) is 4.17. The molecule has 0 saturated carbocycles. The first-order valence-corrected chi connectivity index (χ1v) is 12.2. The van der Waals surface area contributed by atoms with E-state index in [0.29, 0.717) is 21.2 Å². The fourth-order valence-electron chi connectivity index (χ4n) is 3.63. The molecule has 0 bridgehead atoms. The van der Waals surface area contributed by atoms with Crippen molar-refractivity contribution >= 4 is 52.5 Å². The molecule has 8 nitrogen and oxygen atoms in total. The molecule has 3 rings (SSSR count). The number of anilines is 1. The van der Waals surface area contributed by atoms with Crippen molar-refractivity contribution in [3.05, 3.63) is 63.6 Å². The number of carbonyl (C=O) groups excluding carboxylic acids is 3. The van der Waals surface area contributed by atoms with Crippen LogP contribution < -0.4 is 16.0 Å². The van der Waals surface area contributed by atoms with Crippen molar-refractivity contribution in [1.82, 2.24) is 10.6 Å². The summed E-state index contributed by atoms with van der Waals surface area (Å²) in [5, 5.41) is 9.35. The lowest BCUT2D eigenvalue weighted by atomic mass is 10.0. The minimum absolute atomic E-state index is 0.109. The number of amides is 2. The van der Waals surface area contributed by atoms with Crippen LogP contribution in [0.1, 0.15) is 54.6 Å². The zero-order chi connectivity index (χ0) is 25.2. The number of rotatable bonds is 9. The van der Waals surface area contributed by atoms with Gasteiger partial charge >= 0.3 is 5.97 Å². The van der Waals surface area contributed by atoms with Crippen LogP contribution in [0.5, 0.6) is 0 Å². The molecule has 186 valence electrons. The van der Waals surface area contributed by atoms with Gasteiger partial charge in [-0.1, -0.05) is 29.3 Å². The Morgan fingerprint density at radius 1 is 1.09 bits per heavy atom. The second kappa shape index (κ2) is 13.1. The van der Waals surface area contributed by atoms with Crippen LogP contribution in [0, 0.1) is 0 Å². The summed E-state index contributed by atoms with van der Waals surface area (Å²) in [5.74, 6) is -0.455. The maximum Gasteiger partial charge on any atom is 0.308 e. The summed E-state index contributed by atoms with van der Waals surface area (Å²) in [5.41, 5.74) is 1.72. The summed E-state index contributed by atoms with van der Waals surface area (Å²) < 4.78 is 5.02. The molecule has 2 aromatic rings. The summed E-state index contributed by atoms with van der Waals surface area (Å²) in [4.78, 5) is 41.8. The second-order valence-electron chi connectivity index (χ2n) is 8.01. The van der Waals surface area contributed by atoms with Crippen LogP contribution in [-0.2, 0) is 14.3 Å². The van der Waals surface area contributed by atoms with Crippen LogP contribution in [-0.4, -0.2) is 43.3 Å². The standard InChI is InChI=1S/C25H28Cl2N4O4/c1-2-35-24(33)14-21(17-10-18(26)13-19(27)11-17)31-23(32)15-29-25(34)16-6-5-7-20(12-16)30-22-8-3-4-9-28-22/h5-7,10-13,21H,2-4,8-9,14-15H2,1H3,(H,28,30)(H,29,34)(H,31,32). The molecule has 1 unspecified atom stereocenters. The van der Waals surface area contributed by atoms with Crippen LogP contribution >= 0.6 is 23.2 Å². The maximum absolute atomic E-state index is 12.6. The molecule has 0 radical (unpaired) electrons. The number of esters is 1. The van der Waals surface area contributed by atoms with Gasteiger partial charge in [0.05, 0.1) is 25.6 Å². The van der Waals surface area contributed by atoms with Gasteiger partial charge in [0.15, 0.2) is 0 Å². The van der Waals surface area contributed by atoms with Gasteiger partial charge < -0.3 is 20.7 Å². The smallest absolute Gasteiger partial charge is 0.308 e. The fraction of sp³-hybridized carbons (Fsp3) is 0.360. The average Bonchev–Trinajstić information content (AvgIpc) is 2.82. The number of ether oxygens (including phenoxy) is 1. The summed E-state index contributed by atoms with van der Waals surface area (Å²) in [6, 6.07) is 11.1. The Morgan fingerprint density at radius 2 is 1.86 bits per heavy atom. The molecule has 0 spiro atoms. The highest BCUT2D eigenvalue weighted by atomic mass is 35.5. The van der Waals surface area contributed by atoms with E-state index in [2.05, 4.69) is 20.9 Å². The molecule has 0 fully saturated rings. The third-order valence-electron chi connectivity index (χ3n) is 5.25. The third kappa shape index (κ3) is 8.56. The van der Waals surface area contributed by atoms with Crippen LogP contribution in [0.15, 0.2) is 47.5 Å². The van der Waals surface area contributed by atoms with Crippen molar-refractivity contribution in [2.24, 2.45) is 4.99 Å². The van der Waals surface area contributed by atoms with Crippen molar-refractivity contribution < 1.29 is 19.1 Å². The Balaban J connectivity index is 1.61. The Bertz CT molecular complexity index is 1090. The monoisotopic (exact) mass is 518 g/mol. The van der Waals surface area contributed by atoms with E-state index in [1.807, 2.05) is 6.07 Å². The Hall–Kier alpha value is -3.10. The third-order valence-corrected chi connectivity index (χ3v) is 5.68. The van der Waals surface area contributed by atoms with Crippen LogP contribution in [0.2, 0.25) is 10.0 Å². The van der Waals surface area contributed by atoms with E-state index in [9.17, 15) is 14.4 Å². The Kier molecular flexibility index (Phi) is 9.93. The number of hydrogen-bond acceptors (Lipinski definition) is 6. The summed E-state index contributed by atoms with van der Waals surface area (Å²) >= 11 is 12.2. The second-order valence-corrected chi connectivity index (χ2v) is 8.88. The molecule has 1 heterocycles. The first-order chi connectivity index (χ1) is 16.8. The highest BCUT2D eigenvalue weighted by Gasteiger charge is 2.21. The lowest BCUT2D eigenvalue weighted by Crippen LogP contribution is -2.39. The largest absolute Gasteiger partial charge is 0.466 e. The maximum atomic E-state index is 12.6. The topological polar surface area (TPSA) is 109 Å². The lowest BCUT2D eigenvalue weighted by molar-refractivity contribution is -0.143. The van der Waals surface area contributed by atoms with E-state index in [1.165, 1.54) is 0 Å². The minimum Gasteiger partial charge on any atom is -0.466 e. The van der Waals surface area contributed by atoms with Gasteiger partial charge in [0, 0.05) is 34.3 Å². The molecule has 35 heavy (non-hydrogen) atoms. The van der Waals surface area contributed by atoms with Gasteiger partial charge in [0.2, 0.25) is 5.91 Å². The zero-order valence-corrected chi connectivity index (χ0v) is 20.9. The van der Waals surface area contributed by atoms with Gasteiger partial charge in [-0.05, 0) is 61.7 Å². The van der Waals surface area contributed by atoms with E-state index < -0.39 is 23.8 Å². The molecular formula is C25H28Cl2N4O4. The number of nitrogens with zero attached hydrogens (tertiary/aromatic N) is 1. The van der Waals surface area contributed by atoms with Crippen molar-refractivity contribution in [2.75, 3.05) is 25.0 Å². The van der Waals surface area contributed by atoms with Crippen LogP contribution in [0.4, 0.5) is 5.69 Å². The highest BCUT2D eigenvalue weighted by Crippen LogP contribution is 2.26. The van der Waals surface area contributed by atoms with Gasteiger partial charge in [0.25, 0.3) is 5.91 Å². The van der Waals surface area contributed by atoms with Gasteiger partial charge in [-0.2, -0.15) is 0 Å². The molecule has 0 aromatic heterocycles. The van der Waals surface area contributed by atoms with E-state index in [0.717, 1.165) is 37.3 Å². The molecule has 0 aliphatic carbocycles. The highest BCUT2D eigenvalue weighted by molar-refractivity contribution is 6.34. The molecule has 10 heteroatoms. The molecule has 1 atom stereocenters. The number of benzene rings is 2. The van der Waals surface area contributed by atoms with Crippen LogP contribution in [0.25, 0.3) is 0 Å². The predicted molar refractivity (Wildman–Crippen MR) is 137 cm³/mol. The zero-order valence-electron chi connectivity index (χ0n) is 19.4. The molecule has 1 aliphatic heterocycles. The normalized spacial score (nSPS) is 13.9. The average molecular weight is 519 g/mol. The lowest BCUT2D eigenvalue weighted by Gasteiger charge is -2.19. The summed E-state index contributed by atoms with van der Waals surface area (Å²) in [6.45, 7) is 2.44. The van der Waals surface area contributed by atoms with Crippen molar-refractivity contribution in [3.8, 4) is 0 Å². The molecule has 3 N–H and O–H groups in total.